The molecule has 0 saturated heterocycles. The lowest BCUT2D eigenvalue weighted by Gasteiger charge is -2.08. The summed E-state index contributed by atoms with van der Waals surface area (Å²) >= 11 is 6.06. The van der Waals surface area contributed by atoms with Crippen molar-refractivity contribution >= 4 is 23.2 Å². The van der Waals surface area contributed by atoms with E-state index in [9.17, 15) is 8.78 Å². The third kappa shape index (κ3) is 2.51. The smallest absolute Gasteiger partial charge is 0.228 e. The summed E-state index contributed by atoms with van der Waals surface area (Å²) in [5.41, 5.74) is 2.13. The third-order valence-corrected chi connectivity index (χ3v) is 3.31. The Bertz CT molecular complexity index is 626. The van der Waals surface area contributed by atoms with Gasteiger partial charge >= 0.3 is 0 Å². The monoisotopic (exact) mass is 281 g/mol. The van der Waals surface area contributed by atoms with Gasteiger partial charge in [-0.3, -0.25) is 0 Å². The van der Waals surface area contributed by atoms with E-state index in [-0.39, 0.29) is 11.6 Å². The Labute approximate surface area is 113 Å². The van der Waals surface area contributed by atoms with Gasteiger partial charge in [0.1, 0.15) is 16.8 Å². The Morgan fingerprint density at radius 1 is 1.05 bits per heavy atom. The van der Waals surface area contributed by atoms with Crippen molar-refractivity contribution in [2.45, 2.75) is 19.3 Å². The Balaban J connectivity index is 1.93. The quantitative estimate of drug-likeness (QED) is 0.854. The average Bonchev–Trinajstić information content (AvgIpc) is 2.75. The molecule has 1 N–H and O–H groups in total. The van der Waals surface area contributed by atoms with E-state index in [2.05, 4.69) is 15.3 Å². The second kappa shape index (κ2) is 4.74. The number of fused-ring (bicyclic) bond motifs is 1. The van der Waals surface area contributed by atoms with Crippen LogP contribution in [0.5, 0.6) is 0 Å². The van der Waals surface area contributed by atoms with E-state index in [0.717, 1.165) is 36.6 Å². The Hall–Kier alpha value is -1.75. The van der Waals surface area contributed by atoms with Crippen LogP contribution in [0.15, 0.2) is 18.2 Å². The van der Waals surface area contributed by atoms with Crippen LogP contribution < -0.4 is 5.32 Å². The molecule has 1 aromatic heterocycles. The van der Waals surface area contributed by atoms with Crippen molar-refractivity contribution in [1.82, 2.24) is 9.97 Å². The summed E-state index contributed by atoms with van der Waals surface area (Å²) in [6, 6.07) is 3.16. The van der Waals surface area contributed by atoms with Gasteiger partial charge < -0.3 is 5.32 Å². The average molecular weight is 282 g/mol. The fraction of sp³-hybridized carbons (Fsp3) is 0.231. The largest absolute Gasteiger partial charge is 0.324 e. The van der Waals surface area contributed by atoms with Gasteiger partial charge in [0.05, 0.1) is 5.69 Å². The normalized spacial score (nSPS) is 13.4. The summed E-state index contributed by atoms with van der Waals surface area (Å²) in [5, 5.41) is 3.17. The molecular weight excluding hydrogens is 272 g/mol. The van der Waals surface area contributed by atoms with Gasteiger partial charge in [-0.15, -0.1) is 0 Å². The number of halogens is 3. The number of aryl methyl sites for hydroxylation is 1. The lowest BCUT2D eigenvalue weighted by atomic mass is 10.3. The zero-order chi connectivity index (χ0) is 13.4. The van der Waals surface area contributed by atoms with Crippen molar-refractivity contribution in [1.29, 1.82) is 0 Å². The van der Waals surface area contributed by atoms with Gasteiger partial charge in [-0.1, -0.05) is 11.6 Å². The summed E-state index contributed by atoms with van der Waals surface area (Å²) in [7, 11) is 0. The summed E-state index contributed by atoms with van der Waals surface area (Å²) in [6.07, 6.45) is 2.73. The van der Waals surface area contributed by atoms with Gasteiger partial charge in [0.15, 0.2) is 0 Å². The molecule has 0 unspecified atom stereocenters. The van der Waals surface area contributed by atoms with Crippen molar-refractivity contribution in [3.63, 3.8) is 0 Å². The SMILES string of the molecule is Fc1cc(F)cc(Nc2nc(Cl)c3c(n2)CCC3)c1. The molecule has 6 heteroatoms. The highest BCUT2D eigenvalue weighted by atomic mass is 35.5. The van der Waals surface area contributed by atoms with Crippen molar-refractivity contribution < 1.29 is 8.78 Å². The van der Waals surface area contributed by atoms with Crippen LogP contribution in [0, 0.1) is 11.6 Å². The number of nitrogens with zero attached hydrogens (tertiary/aromatic N) is 2. The molecule has 0 bridgehead atoms. The maximum atomic E-state index is 13.1. The van der Waals surface area contributed by atoms with Gasteiger partial charge in [0.2, 0.25) is 5.95 Å². The summed E-state index contributed by atoms with van der Waals surface area (Å²) in [5.74, 6) is -1.06. The highest BCUT2D eigenvalue weighted by Crippen LogP contribution is 2.28. The third-order valence-electron chi connectivity index (χ3n) is 3.00. The van der Waals surface area contributed by atoms with Crippen LogP contribution >= 0.6 is 11.6 Å². The van der Waals surface area contributed by atoms with Crippen molar-refractivity contribution in [2.24, 2.45) is 0 Å². The molecule has 1 heterocycles. The van der Waals surface area contributed by atoms with Gasteiger partial charge in [0, 0.05) is 17.3 Å². The van der Waals surface area contributed by atoms with Crippen LogP contribution in [-0.4, -0.2) is 9.97 Å². The van der Waals surface area contributed by atoms with Gasteiger partial charge in [-0.05, 0) is 31.4 Å². The molecule has 0 amide bonds. The van der Waals surface area contributed by atoms with Crippen LogP contribution in [0.3, 0.4) is 0 Å². The molecule has 1 aromatic carbocycles. The summed E-state index contributed by atoms with van der Waals surface area (Å²) in [4.78, 5) is 8.41. The van der Waals surface area contributed by atoms with E-state index >= 15 is 0 Å². The standard InChI is InChI=1S/C13H10ClF2N3/c14-12-10-2-1-3-11(10)18-13(19-12)17-9-5-7(15)4-8(16)6-9/h4-6H,1-3H2,(H,17,18,19). The molecule has 0 saturated carbocycles. The van der Waals surface area contributed by atoms with Crippen molar-refractivity contribution in [3.8, 4) is 0 Å². The van der Waals surface area contributed by atoms with Crippen LogP contribution in [0.1, 0.15) is 17.7 Å². The van der Waals surface area contributed by atoms with Gasteiger partial charge in [-0.25, -0.2) is 18.7 Å². The second-order valence-corrected chi connectivity index (χ2v) is 4.76. The molecule has 2 aromatic rings. The minimum absolute atomic E-state index is 0.256. The zero-order valence-electron chi connectivity index (χ0n) is 9.88. The minimum atomic E-state index is -0.658. The van der Waals surface area contributed by atoms with Crippen LogP contribution in [-0.2, 0) is 12.8 Å². The lowest BCUT2D eigenvalue weighted by Crippen LogP contribution is -2.02. The Morgan fingerprint density at radius 2 is 1.79 bits per heavy atom. The Kier molecular flexibility index (Phi) is 3.06. The number of benzene rings is 1. The van der Waals surface area contributed by atoms with Gasteiger partial charge in [-0.2, -0.15) is 0 Å². The molecule has 0 radical (unpaired) electrons. The molecule has 1 aliphatic rings. The van der Waals surface area contributed by atoms with Crippen LogP contribution in [0.4, 0.5) is 20.4 Å². The summed E-state index contributed by atoms with van der Waals surface area (Å²) < 4.78 is 26.2. The van der Waals surface area contributed by atoms with E-state index in [1.165, 1.54) is 12.1 Å². The van der Waals surface area contributed by atoms with Crippen LogP contribution in [0.25, 0.3) is 0 Å². The summed E-state index contributed by atoms with van der Waals surface area (Å²) in [6.45, 7) is 0. The molecular formula is C13H10ClF2N3. The molecule has 0 fully saturated rings. The van der Waals surface area contributed by atoms with E-state index in [4.69, 9.17) is 11.6 Å². The van der Waals surface area contributed by atoms with Gasteiger partial charge in [0.25, 0.3) is 0 Å². The number of anilines is 2. The molecule has 0 atom stereocenters. The van der Waals surface area contributed by atoms with E-state index in [1.807, 2.05) is 0 Å². The molecule has 19 heavy (non-hydrogen) atoms. The number of aromatic nitrogens is 2. The minimum Gasteiger partial charge on any atom is -0.324 e. The first-order valence-corrected chi connectivity index (χ1v) is 6.28. The van der Waals surface area contributed by atoms with E-state index < -0.39 is 11.6 Å². The second-order valence-electron chi connectivity index (χ2n) is 4.40. The first-order chi connectivity index (χ1) is 9.11. The van der Waals surface area contributed by atoms with Crippen molar-refractivity contribution in [2.75, 3.05) is 5.32 Å². The van der Waals surface area contributed by atoms with Crippen molar-refractivity contribution in [3.05, 3.63) is 46.2 Å². The Morgan fingerprint density at radius 3 is 2.53 bits per heavy atom. The highest BCUT2D eigenvalue weighted by Gasteiger charge is 2.18. The molecule has 3 rings (SSSR count). The number of hydrogen-bond acceptors (Lipinski definition) is 3. The zero-order valence-corrected chi connectivity index (χ0v) is 10.6. The number of hydrogen-bond donors (Lipinski definition) is 1. The fourth-order valence-electron chi connectivity index (χ4n) is 2.20. The fourth-order valence-corrected chi connectivity index (χ4v) is 2.48. The lowest BCUT2D eigenvalue weighted by molar-refractivity contribution is 0.584. The maximum Gasteiger partial charge on any atom is 0.228 e. The van der Waals surface area contributed by atoms with E-state index in [1.54, 1.807) is 0 Å². The first kappa shape index (κ1) is 12.3. The molecule has 3 nitrogen and oxygen atoms in total. The molecule has 0 aliphatic heterocycles. The number of rotatable bonds is 2. The van der Waals surface area contributed by atoms with Crippen LogP contribution in [0.2, 0.25) is 5.15 Å². The van der Waals surface area contributed by atoms with E-state index in [0.29, 0.717) is 5.15 Å². The molecule has 98 valence electrons. The topological polar surface area (TPSA) is 37.8 Å². The predicted octanol–water partition coefficient (Wildman–Crippen LogP) is 3.64. The highest BCUT2D eigenvalue weighted by molar-refractivity contribution is 6.30. The number of nitrogens with one attached hydrogen (secondary N) is 1. The maximum absolute atomic E-state index is 13.1. The predicted molar refractivity (Wildman–Crippen MR) is 68.7 cm³/mol. The molecule has 0 spiro atoms. The first-order valence-electron chi connectivity index (χ1n) is 5.90. The molecule has 1 aliphatic carbocycles.